The number of aryl methyl sites for hydroxylation is 2. The van der Waals surface area contributed by atoms with Crippen molar-refractivity contribution in [3.8, 4) is 0 Å². The van der Waals surface area contributed by atoms with Crippen LogP contribution in [0.1, 0.15) is 11.1 Å². The Kier molecular flexibility index (Phi) is 1.22. The second-order valence-corrected chi connectivity index (χ2v) is 2.79. The molecule has 0 N–H and O–H groups in total. The molecule has 0 aliphatic rings. The van der Waals surface area contributed by atoms with Crippen molar-refractivity contribution in [1.82, 2.24) is 9.38 Å². The molecule has 2 aromatic heterocycles. The van der Waals surface area contributed by atoms with Gasteiger partial charge in [0.25, 0.3) is 0 Å². The van der Waals surface area contributed by atoms with Crippen LogP contribution in [0.15, 0.2) is 24.7 Å². The highest BCUT2D eigenvalue weighted by Gasteiger charge is 2.00. The van der Waals surface area contributed by atoms with E-state index in [4.69, 9.17) is 0 Å². The van der Waals surface area contributed by atoms with Gasteiger partial charge < -0.3 is 4.40 Å². The summed E-state index contributed by atoms with van der Waals surface area (Å²) in [6, 6.07) is 1.94. The number of fused-ring (bicyclic) bond motifs is 1. The highest BCUT2D eigenvalue weighted by Crippen LogP contribution is 2.12. The van der Waals surface area contributed by atoms with Crippen LogP contribution in [0.25, 0.3) is 5.65 Å². The minimum Gasteiger partial charge on any atom is -0.308 e. The second kappa shape index (κ2) is 2.09. The minimum absolute atomic E-state index is 1.06. The van der Waals surface area contributed by atoms with E-state index in [0.29, 0.717) is 0 Å². The Bertz CT molecular complexity index is 387. The van der Waals surface area contributed by atoms with Crippen molar-refractivity contribution in [2.45, 2.75) is 13.8 Å². The molecule has 2 heterocycles. The summed E-state index contributed by atoms with van der Waals surface area (Å²) in [6.07, 6.45) is 5.93. The van der Waals surface area contributed by atoms with E-state index in [1.165, 1.54) is 11.1 Å². The molecule has 2 nitrogen and oxygen atoms in total. The molecule has 2 rings (SSSR count). The van der Waals surface area contributed by atoms with Crippen molar-refractivity contribution in [2.75, 3.05) is 0 Å². The highest BCUT2D eigenvalue weighted by atomic mass is 15.0. The topological polar surface area (TPSA) is 17.3 Å². The van der Waals surface area contributed by atoms with Gasteiger partial charge in [0.1, 0.15) is 5.65 Å². The summed E-state index contributed by atoms with van der Waals surface area (Å²) >= 11 is 0. The van der Waals surface area contributed by atoms with Crippen LogP contribution in [-0.2, 0) is 0 Å². The van der Waals surface area contributed by atoms with Gasteiger partial charge in [-0.15, -0.1) is 0 Å². The number of hydrogen-bond donors (Lipinski definition) is 0. The first-order chi connectivity index (χ1) is 5.29. The number of hydrogen-bond acceptors (Lipinski definition) is 1. The summed E-state index contributed by atoms with van der Waals surface area (Å²) in [6.45, 7) is 4.20. The van der Waals surface area contributed by atoms with Gasteiger partial charge in [-0.1, -0.05) is 0 Å². The molecule has 0 saturated heterocycles. The van der Waals surface area contributed by atoms with Crippen LogP contribution in [-0.4, -0.2) is 9.38 Å². The Balaban J connectivity index is 2.92. The second-order valence-electron chi connectivity index (χ2n) is 2.79. The Morgan fingerprint density at radius 1 is 1.36 bits per heavy atom. The highest BCUT2D eigenvalue weighted by molar-refractivity contribution is 5.51. The van der Waals surface area contributed by atoms with Crippen molar-refractivity contribution in [2.24, 2.45) is 0 Å². The first kappa shape index (κ1) is 6.40. The molecule has 2 heteroatoms. The van der Waals surface area contributed by atoms with Crippen LogP contribution in [0.3, 0.4) is 0 Å². The lowest BCUT2D eigenvalue weighted by Crippen LogP contribution is -1.83. The Labute approximate surface area is 65.5 Å². The van der Waals surface area contributed by atoms with Crippen LogP contribution < -0.4 is 0 Å². The molecule has 0 radical (unpaired) electrons. The predicted octanol–water partition coefficient (Wildman–Crippen LogP) is 1.95. The molecule has 0 bridgehead atoms. The lowest BCUT2D eigenvalue weighted by molar-refractivity contribution is 1.12. The molecule has 11 heavy (non-hydrogen) atoms. The summed E-state index contributed by atoms with van der Waals surface area (Å²) in [4.78, 5) is 4.26. The zero-order chi connectivity index (χ0) is 7.84. The van der Waals surface area contributed by atoms with Crippen LogP contribution in [0, 0.1) is 13.8 Å². The monoisotopic (exact) mass is 146 g/mol. The molecule has 0 atom stereocenters. The molecule has 0 spiro atoms. The number of nitrogens with zero attached hydrogens (tertiary/aromatic N) is 2. The van der Waals surface area contributed by atoms with E-state index in [1.54, 1.807) is 0 Å². The summed E-state index contributed by atoms with van der Waals surface area (Å²) in [5.41, 5.74) is 3.62. The fourth-order valence-electron chi connectivity index (χ4n) is 1.26. The Morgan fingerprint density at radius 3 is 2.91 bits per heavy atom. The van der Waals surface area contributed by atoms with Gasteiger partial charge in [-0.05, 0) is 31.0 Å². The molecule has 0 aliphatic heterocycles. The zero-order valence-corrected chi connectivity index (χ0v) is 6.70. The molecule has 0 amide bonds. The third kappa shape index (κ3) is 0.827. The van der Waals surface area contributed by atoms with Crippen molar-refractivity contribution in [1.29, 1.82) is 0 Å². The van der Waals surface area contributed by atoms with Crippen molar-refractivity contribution < 1.29 is 0 Å². The Hall–Kier alpha value is -1.31. The normalized spacial score (nSPS) is 10.7. The molecule has 0 fully saturated rings. The first-order valence-electron chi connectivity index (χ1n) is 3.68. The third-order valence-electron chi connectivity index (χ3n) is 2.03. The van der Waals surface area contributed by atoms with Crippen molar-refractivity contribution >= 4 is 5.65 Å². The SMILES string of the molecule is Cc1cn2cccnc2c1C. The molecule has 0 aromatic carbocycles. The van der Waals surface area contributed by atoms with E-state index < -0.39 is 0 Å². The van der Waals surface area contributed by atoms with Crippen LogP contribution in [0.5, 0.6) is 0 Å². The largest absolute Gasteiger partial charge is 0.308 e. The maximum atomic E-state index is 4.26. The summed E-state index contributed by atoms with van der Waals surface area (Å²) in [5.74, 6) is 0. The van der Waals surface area contributed by atoms with Gasteiger partial charge in [0, 0.05) is 18.6 Å². The fraction of sp³-hybridized carbons (Fsp3) is 0.222. The van der Waals surface area contributed by atoms with Crippen molar-refractivity contribution in [3.63, 3.8) is 0 Å². The lowest BCUT2D eigenvalue weighted by Gasteiger charge is -1.90. The van der Waals surface area contributed by atoms with E-state index in [9.17, 15) is 0 Å². The van der Waals surface area contributed by atoms with E-state index in [2.05, 4.69) is 25.0 Å². The van der Waals surface area contributed by atoms with Gasteiger partial charge in [0.2, 0.25) is 0 Å². The summed E-state index contributed by atoms with van der Waals surface area (Å²) in [7, 11) is 0. The standard InChI is InChI=1S/C9H10N2/c1-7-6-11-5-3-4-10-9(11)8(7)2/h3-6H,1-2H3. The van der Waals surface area contributed by atoms with E-state index in [1.807, 2.05) is 22.9 Å². The average Bonchev–Trinajstić information content (AvgIpc) is 2.30. The first-order valence-corrected chi connectivity index (χ1v) is 3.68. The average molecular weight is 146 g/mol. The van der Waals surface area contributed by atoms with Gasteiger partial charge in [-0.3, -0.25) is 0 Å². The van der Waals surface area contributed by atoms with Gasteiger partial charge in [0.15, 0.2) is 0 Å². The summed E-state index contributed by atoms with van der Waals surface area (Å²) in [5, 5.41) is 0. The molecule has 0 saturated carbocycles. The minimum atomic E-state index is 1.06. The van der Waals surface area contributed by atoms with Gasteiger partial charge in [-0.25, -0.2) is 4.98 Å². The maximum absolute atomic E-state index is 4.26. The number of rotatable bonds is 0. The van der Waals surface area contributed by atoms with E-state index >= 15 is 0 Å². The molecular weight excluding hydrogens is 136 g/mol. The van der Waals surface area contributed by atoms with Crippen molar-refractivity contribution in [3.05, 3.63) is 35.8 Å². The third-order valence-corrected chi connectivity index (χ3v) is 2.03. The zero-order valence-electron chi connectivity index (χ0n) is 6.70. The molecule has 2 aromatic rings. The smallest absolute Gasteiger partial charge is 0.139 e. The molecule has 0 unspecified atom stereocenters. The van der Waals surface area contributed by atoms with E-state index in [0.717, 1.165) is 5.65 Å². The summed E-state index contributed by atoms with van der Waals surface area (Å²) < 4.78 is 2.05. The number of aromatic nitrogens is 2. The quantitative estimate of drug-likeness (QED) is 0.555. The van der Waals surface area contributed by atoms with Gasteiger partial charge >= 0.3 is 0 Å². The maximum Gasteiger partial charge on any atom is 0.139 e. The van der Waals surface area contributed by atoms with Gasteiger partial charge in [-0.2, -0.15) is 0 Å². The van der Waals surface area contributed by atoms with E-state index in [-0.39, 0.29) is 0 Å². The van der Waals surface area contributed by atoms with Crippen LogP contribution in [0.4, 0.5) is 0 Å². The molecule has 0 aliphatic carbocycles. The predicted molar refractivity (Wildman–Crippen MR) is 44.7 cm³/mol. The Morgan fingerprint density at radius 2 is 2.18 bits per heavy atom. The van der Waals surface area contributed by atoms with Crippen LogP contribution in [0.2, 0.25) is 0 Å². The molecule has 56 valence electrons. The fourth-order valence-corrected chi connectivity index (χ4v) is 1.26. The van der Waals surface area contributed by atoms with Crippen LogP contribution >= 0.6 is 0 Å². The lowest BCUT2D eigenvalue weighted by atomic mass is 10.2. The molecular formula is C9H10N2. The van der Waals surface area contributed by atoms with Gasteiger partial charge in [0.05, 0.1) is 0 Å².